The number of aryl methyl sites for hydroxylation is 2. The minimum Gasteiger partial charge on any atom is -0.311 e. The quantitative estimate of drug-likeness (QED) is 0.306. The van der Waals surface area contributed by atoms with Gasteiger partial charge in [-0.15, -0.1) is 26.6 Å². The summed E-state index contributed by atoms with van der Waals surface area (Å²) in [5.41, 5.74) is 2.12. The number of nitrogens with one attached hydrogen (secondary N) is 1. The number of hydrogen-bond acceptors (Lipinski definition) is 8. The average molecular weight is 444 g/mol. The second-order valence-corrected chi connectivity index (χ2v) is 9.18. The lowest BCUT2D eigenvalue weighted by Gasteiger charge is -2.00. The fourth-order valence-corrected chi connectivity index (χ4v) is 4.11. The van der Waals surface area contributed by atoms with Crippen molar-refractivity contribution in [1.82, 2.24) is 20.4 Å². The molecule has 0 bridgehead atoms. The van der Waals surface area contributed by atoms with Gasteiger partial charge in [0.1, 0.15) is 10.0 Å². The highest BCUT2D eigenvalue weighted by molar-refractivity contribution is 7.23. The molecule has 2 heterocycles. The molecule has 0 fully saturated rings. The number of rotatable bonds is 12. The van der Waals surface area contributed by atoms with Crippen molar-refractivity contribution in [2.75, 3.05) is 5.32 Å². The molecule has 10 heteroatoms. The molecule has 2 aromatic rings. The van der Waals surface area contributed by atoms with Crippen LogP contribution in [-0.2, 0) is 22.4 Å². The molecule has 0 atom stereocenters. The van der Waals surface area contributed by atoms with Crippen molar-refractivity contribution >= 4 is 51.6 Å². The third-order valence-electron chi connectivity index (χ3n) is 4.39. The van der Waals surface area contributed by atoms with Gasteiger partial charge in [0, 0.05) is 25.7 Å². The van der Waals surface area contributed by atoms with Crippen LogP contribution in [0.25, 0.3) is 0 Å². The van der Waals surface area contributed by atoms with Crippen LogP contribution in [0.2, 0.25) is 0 Å². The zero-order valence-electron chi connectivity index (χ0n) is 17.9. The Bertz CT molecular complexity index is 846. The molecule has 0 saturated carbocycles. The van der Waals surface area contributed by atoms with Crippen molar-refractivity contribution in [3.05, 3.63) is 33.3 Å². The molecule has 0 saturated heterocycles. The van der Waals surface area contributed by atoms with E-state index in [0.717, 1.165) is 46.8 Å². The highest BCUT2D eigenvalue weighted by atomic mass is 32.1. The van der Waals surface area contributed by atoms with Crippen LogP contribution in [0.15, 0.2) is 23.3 Å². The van der Waals surface area contributed by atoms with Gasteiger partial charge < -0.3 is 10.1 Å². The van der Waals surface area contributed by atoms with Gasteiger partial charge in [-0.05, 0) is 40.5 Å². The van der Waals surface area contributed by atoms with Gasteiger partial charge in [0.2, 0.25) is 11.0 Å². The van der Waals surface area contributed by atoms with E-state index >= 15 is 0 Å². The SMILES string of the molecule is C/C=C(\C)CC(=O)[B]c1nnc(CCCCc2nnc(NC(=O)C/C(C)=C/C)s2)s1. The molecule has 1 radical (unpaired) electrons. The highest BCUT2D eigenvalue weighted by Gasteiger charge is 2.13. The first-order valence-electron chi connectivity index (χ1n) is 9.95. The van der Waals surface area contributed by atoms with E-state index in [1.54, 1.807) is 7.28 Å². The van der Waals surface area contributed by atoms with Gasteiger partial charge in [-0.1, -0.05) is 34.6 Å². The second kappa shape index (κ2) is 12.5. The first-order valence-corrected chi connectivity index (χ1v) is 11.6. The maximum absolute atomic E-state index is 11.9. The van der Waals surface area contributed by atoms with Crippen molar-refractivity contribution in [1.29, 1.82) is 0 Å². The summed E-state index contributed by atoms with van der Waals surface area (Å²) >= 11 is 2.88. The predicted molar refractivity (Wildman–Crippen MR) is 124 cm³/mol. The summed E-state index contributed by atoms with van der Waals surface area (Å²) in [6.45, 7) is 7.71. The molecule has 0 aliphatic heterocycles. The van der Waals surface area contributed by atoms with E-state index in [-0.39, 0.29) is 11.6 Å². The van der Waals surface area contributed by atoms with Crippen molar-refractivity contribution in [2.24, 2.45) is 0 Å². The second-order valence-electron chi connectivity index (χ2n) is 7.02. The fourth-order valence-electron chi connectivity index (χ4n) is 2.47. The van der Waals surface area contributed by atoms with E-state index in [4.69, 9.17) is 0 Å². The number of nitrogens with zero attached hydrogens (tertiary/aromatic N) is 4. The zero-order valence-corrected chi connectivity index (χ0v) is 19.5. The smallest absolute Gasteiger partial charge is 0.283 e. The summed E-state index contributed by atoms with van der Waals surface area (Å²) in [7, 11) is 1.57. The minimum absolute atomic E-state index is 0.0494. The summed E-state index contributed by atoms with van der Waals surface area (Å²) in [6, 6.07) is 0. The molecule has 30 heavy (non-hydrogen) atoms. The standard InChI is InChI=1S/C20H27BN5O2S2/c1-5-13(3)11-15(27)21-19-25-23-17(29-19)9-7-8-10-18-24-26-20(30-18)22-16(28)12-14(4)6-2/h5-6H,7-12H2,1-4H3,(H,22,26,28)/b13-5+,14-6+. The minimum atomic E-state index is -0.0727. The van der Waals surface area contributed by atoms with Crippen molar-refractivity contribution in [2.45, 2.75) is 66.2 Å². The molecule has 0 spiro atoms. The zero-order chi connectivity index (χ0) is 21.9. The van der Waals surface area contributed by atoms with Crippen LogP contribution in [-0.4, -0.2) is 39.3 Å². The number of carbonyl (C=O) groups is 2. The Hall–Kier alpha value is -2.20. The Morgan fingerprint density at radius 3 is 2.17 bits per heavy atom. The fraction of sp³-hybridized carbons (Fsp3) is 0.500. The lowest BCUT2D eigenvalue weighted by molar-refractivity contribution is -0.115. The molecule has 0 aromatic carbocycles. The summed E-state index contributed by atoms with van der Waals surface area (Å²) in [6.07, 6.45) is 8.17. The van der Waals surface area contributed by atoms with Gasteiger partial charge in [-0.2, -0.15) is 5.10 Å². The first kappa shape index (κ1) is 24.1. The lowest BCUT2D eigenvalue weighted by atomic mass is 9.72. The van der Waals surface area contributed by atoms with Crippen LogP contribution in [0, 0.1) is 0 Å². The van der Waals surface area contributed by atoms with Crippen molar-refractivity contribution in [3.63, 3.8) is 0 Å². The van der Waals surface area contributed by atoms with Gasteiger partial charge in [0.05, 0.1) is 10.6 Å². The molecule has 2 aromatic heterocycles. The van der Waals surface area contributed by atoms with E-state index in [9.17, 15) is 9.59 Å². The van der Waals surface area contributed by atoms with Crippen LogP contribution in [0.5, 0.6) is 0 Å². The first-order chi connectivity index (χ1) is 14.4. The Morgan fingerprint density at radius 2 is 1.50 bits per heavy atom. The summed E-state index contributed by atoms with van der Waals surface area (Å²) in [5, 5.41) is 21.6. The number of hydrogen-bond donors (Lipinski definition) is 1. The Morgan fingerprint density at radius 1 is 0.900 bits per heavy atom. The van der Waals surface area contributed by atoms with E-state index < -0.39 is 0 Å². The highest BCUT2D eigenvalue weighted by Crippen LogP contribution is 2.18. The molecule has 1 amide bonds. The Labute approximate surface area is 186 Å². The molecular weight excluding hydrogens is 417 g/mol. The van der Waals surface area contributed by atoms with E-state index in [0.29, 0.717) is 22.9 Å². The molecule has 7 nitrogen and oxygen atoms in total. The molecule has 0 aliphatic carbocycles. The monoisotopic (exact) mass is 444 g/mol. The number of allylic oxidation sites excluding steroid dienone is 3. The predicted octanol–water partition coefficient (Wildman–Crippen LogP) is 3.46. The number of carbonyl (C=O) groups excluding carboxylic acids is 2. The van der Waals surface area contributed by atoms with Crippen LogP contribution in [0.1, 0.15) is 63.4 Å². The lowest BCUT2D eigenvalue weighted by Crippen LogP contribution is -2.23. The summed E-state index contributed by atoms with van der Waals surface area (Å²) in [4.78, 5) is 24.5. The summed E-state index contributed by atoms with van der Waals surface area (Å²) < 4.78 is 0. The molecular formula is C20H27BN5O2S2. The molecule has 2 rings (SSSR count). The number of amides is 1. The number of aromatic nitrogens is 4. The Balaban J connectivity index is 1.69. The normalized spacial score (nSPS) is 12.1. The maximum Gasteiger partial charge on any atom is 0.283 e. The Kier molecular flexibility index (Phi) is 10.0. The van der Waals surface area contributed by atoms with Gasteiger partial charge in [0.15, 0.2) is 0 Å². The van der Waals surface area contributed by atoms with Crippen LogP contribution < -0.4 is 10.2 Å². The maximum atomic E-state index is 11.9. The average Bonchev–Trinajstić information content (AvgIpc) is 3.34. The van der Waals surface area contributed by atoms with E-state index in [1.807, 2.05) is 39.8 Å². The van der Waals surface area contributed by atoms with Gasteiger partial charge >= 0.3 is 0 Å². The van der Waals surface area contributed by atoms with Crippen LogP contribution >= 0.6 is 22.7 Å². The molecule has 0 aliphatic rings. The summed E-state index contributed by atoms with van der Waals surface area (Å²) in [5.74, 6) is -0.0727. The molecule has 0 unspecified atom stereocenters. The van der Waals surface area contributed by atoms with Gasteiger partial charge in [-0.25, -0.2) is 0 Å². The molecule has 159 valence electrons. The van der Waals surface area contributed by atoms with Crippen molar-refractivity contribution in [3.8, 4) is 0 Å². The topological polar surface area (TPSA) is 97.7 Å². The van der Waals surface area contributed by atoms with Gasteiger partial charge in [0.25, 0.3) is 7.28 Å². The number of unbranched alkanes of at least 4 members (excludes halogenated alkanes) is 1. The van der Waals surface area contributed by atoms with Crippen molar-refractivity contribution < 1.29 is 9.59 Å². The van der Waals surface area contributed by atoms with Gasteiger partial charge in [-0.3, -0.25) is 4.79 Å². The third-order valence-corrected chi connectivity index (χ3v) is 6.22. The van der Waals surface area contributed by atoms with E-state index in [1.165, 1.54) is 22.7 Å². The largest absolute Gasteiger partial charge is 0.311 e. The van der Waals surface area contributed by atoms with Crippen LogP contribution in [0.3, 0.4) is 0 Å². The van der Waals surface area contributed by atoms with Crippen LogP contribution in [0.4, 0.5) is 5.13 Å². The third kappa shape index (κ3) is 8.67. The van der Waals surface area contributed by atoms with E-state index in [2.05, 4.69) is 25.7 Å². The number of anilines is 1. The molecule has 1 N–H and O–H groups in total.